The van der Waals surface area contributed by atoms with E-state index in [4.69, 9.17) is 0 Å². The number of piperazine rings is 1. The van der Waals surface area contributed by atoms with Gasteiger partial charge in [-0.05, 0) is 138 Å². The lowest BCUT2D eigenvalue weighted by Crippen LogP contribution is -2.66. The van der Waals surface area contributed by atoms with Crippen LogP contribution >= 0.6 is 0 Å². The molecule has 5 aliphatic carbocycles. The maximum absolute atomic E-state index is 14.5. The molecule has 3 N–H and O–H groups in total. The Hall–Kier alpha value is -2.67. The standard InChI is InChI=1S/C43H63N3O4/c1-27(2)30-14-19-43(38(50)45-23-25-46-24-22-44-35(47)26-46)21-20-41(6)32(36(30)43)12-13-34-40(5)17-15-31(28-8-10-29(11-9-28)37(48)49)39(3,4)33(40)16-18-42(34,41)7/h8-11,15,27,30,32-34,36H,12-14,16-26H2,1-7H3,(H,44,47)(H,45,50)(H,48,49)/t30-,32+,33-,34+,36+,40-,41+,42+,43-/m0/s1. The van der Waals surface area contributed by atoms with Crippen LogP contribution in [0.3, 0.4) is 0 Å². The lowest BCUT2D eigenvalue weighted by Gasteiger charge is -2.72. The Morgan fingerprint density at radius 2 is 1.68 bits per heavy atom. The molecule has 0 aromatic heterocycles. The number of nitrogens with zero attached hydrogens (tertiary/aromatic N) is 1. The van der Waals surface area contributed by atoms with Crippen LogP contribution in [0, 0.1) is 62.6 Å². The van der Waals surface area contributed by atoms with Crippen molar-refractivity contribution in [3.05, 3.63) is 41.5 Å². The van der Waals surface area contributed by atoms with Crippen molar-refractivity contribution in [3.8, 4) is 0 Å². The molecule has 4 saturated carbocycles. The fourth-order valence-electron chi connectivity index (χ4n) is 14.1. The maximum atomic E-state index is 14.5. The van der Waals surface area contributed by atoms with Gasteiger partial charge in [0.1, 0.15) is 0 Å². The Kier molecular flexibility index (Phi) is 8.92. The average Bonchev–Trinajstić information content (AvgIpc) is 3.46. The van der Waals surface area contributed by atoms with Gasteiger partial charge in [0.25, 0.3) is 0 Å². The molecule has 7 rings (SSSR count). The fraction of sp³-hybridized carbons (Fsp3) is 0.744. The third-order valence-electron chi connectivity index (χ3n) is 16.6. The van der Waals surface area contributed by atoms with Crippen LogP contribution in [-0.4, -0.2) is 60.5 Å². The molecule has 9 atom stereocenters. The first-order valence-corrected chi connectivity index (χ1v) is 19.9. The molecule has 0 spiro atoms. The minimum atomic E-state index is -0.876. The number of amides is 2. The number of carbonyl (C=O) groups excluding carboxylic acids is 2. The molecule has 1 heterocycles. The van der Waals surface area contributed by atoms with Crippen molar-refractivity contribution in [2.75, 3.05) is 32.7 Å². The second-order valence-electron chi connectivity index (χ2n) is 19.1. The summed E-state index contributed by atoms with van der Waals surface area (Å²) in [5, 5.41) is 15.8. The van der Waals surface area contributed by atoms with Gasteiger partial charge in [0.05, 0.1) is 17.5 Å². The van der Waals surface area contributed by atoms with Crippen LogP contribution < -0.4 is 10.6 Å². The largest absolute Gasteiger partial charge is 0.478 e. The van der Waals surface area contributed by atoms with Crippen molar-refractivity contribution in [2.24, 2.45) is 62.6 Å². The van der Waals surface area contributed by atoms with Crippen LogP contribution in [0.4, 0.5) is 0 Å². The Bertz CT molecular complexity index is 1550. The summed E-state index contributed by atoms with van der Waals surface area (Å²) in [5.74, 6) is 2.80. The lowest BCUT2D eigenvalue weighted by molar-refractivity contribution is -0.227. The summed E-state index contributed by atoms with van der Waals surface area (Å²) in [5.41, 5.74) is 3.20. The Morgan fingerprint density at radius 1 is 0.940 bits per heavy atom. The number of nitrogens with one attached hydrogen (secondary N) is 2. The first-order chi connectivity index (χ1) is 23.6. The molecule has 1 aliphatic heterocycles. The first kappa shape index (κ1) is 35.7. The summed E-state index contributed by atoms with van der Waals surface area (Å²) in [6.07, 6.45) is 12.8. The monoisotopic (exact) mass is 685 g/mol. The van der Waals surface area contributed by atoms with Crippen molar-refractivity contribution < 1.29 is 19.5 Å². The van der Waals surface area contributed by atoms with E-state index in [1.807, 2.05) is 12.1 Å². The highest BCUT2D eigenvalue weighted by molar-refractivity contribution is 5.88. The van der Waals surface area contributed by atoms with E-state index < -0.39 is 5.97 Å². The Labute approximate surface area is 300 Å². The van der Waals surface area contributed by atoms with Crippen LogP contribution in [0.5, 0.6) is 0 Å². The molecule has 50 heavy (non-hydrogen) atoms. The predicted octanol–water partition coefficient (Wildman–Crippen LogP) is 7.66. The molecule has 0 radical (unpaired) electrons. The second kappa shape index (κ2) is 12.5. The van der Waals surface area contributed by atoms with Crippen LogP contribution in [0.1, 0.15) is 122 Å². The predicted molar refractivity (Wildman–Crippen MR) is 198 cm³/mol. The van der Waals surface area contributed by atoms with E-state index >= 15 is 0 Å². The summed E-state index contributed by atoms with van der Waals surface area (Å²) >= 11 is 0. The van der Waals surface area contributed by atoms with E-state index in [0.29, 0.717) is 66.6 Å². The Balaban J connectivity index is 1.15. The fourth-order valence-corrected chi connectivity index (χ4v) is 14.1. The van der Waals surface area contributed by atoms with E-state index in [2.05, 4.69) is 70.1 Å². The van der Waals surface area contributed by atoms with Gasteiger partial charge in [0, 0.05) is 26.2 Å². The number of hydrogen-bond acceptors (Lipinski definition) is 4. The molecule has 1 saturated heterocycles. The van der Waals surface area contributed by atoms with Gasteiger partial charge in [-0.25, -0.2) is 4.79 Å². The SMILES string of the molecule is CC(C)[C@@H]1CC[C@]2(C(=O)NCCN3CCNC(=O)C3)CC[C@]3(C)[C@H](CC[C@@H]4[C@@]5(C)CC=C(c6ccc(C(=O)O)cc6)C(C)(C)[C@@H]5CC[C@]43C)[C@@H]12. The minimum Gasteiger partial charge on any atom is -0.478 e. The molecule has 5 fully saturated rings. The quantitative estimate of drug-likeness (QED) is 0.274. The van der Waals surface area contributed by atoms with E-state index in [-0.39, 0.29) is 33.0 Å². The average molecular weight is 686 g/mol. The zero-order valence-corrected chi connectivity index (χ0v) is 31.9. The molecule has 2 amide bonds. The number of carbonyl (C=O) groups is 3. The third-order valence-corrected chi connectivity index (χ3v) is 16.6. The summed E-state index contributed by atoms with van der Waals surface area (Å²) in [6, 6.07) is 7.55. The van der Waals surface area contributed by atoms with Gasteiger partial charge >= 0.3 is 5.97 Å². The van der Waals surface area contributed by atoms with Crippen LogP contribution in [-0.2, 0) is 9.59 Å². The number of fused-ring (bicyclic) bond motifs is 7. The zero-order chi connectivity index (χ0) is 35.9. The Morgan fingerprint density at radius 3 is 2.36 bits per heavy atom. The smallest absolute Gasteiger partial charge is 0.335 e. The van der Waals surface area contributed by atoms with Crippen molar-refractivity contribution in [1.82, 2.24) is 15.5 Å². The normalized spacial score (nSPS) is 40.8. The number of rotatable bonds is 7. The number of benzene rings is 1. The molecular weight excluding hydrogens is 622 g/mol. The van der Waals surface area contributed by atoms with Crippen molar-refractivity contribution in [1.29, 1.82) is 0 Å². The number of hydrogen-bond donors (Lipinski definition) is 3. The van der Waals surface area contributed by atoms with Gasteiger partial charge in [0.2, 0.25) is 11.8 Å². The zero-order valence-electron chi connectivity index (χ0n) is 31.9. The van der Waals surface area contributed by atoms with Gasteiger partial charge in [-0.3, -0.25) is 14.5 Å². The van der Waals surface area contributed by atoms with Crippen molar-refractivity contribution in [3.63, 3.8) is 0 Å². The van der Waals surface area contributed by atoms with Gasteiger partial charge in [-0.15, -0.1) is 0 Å². The number of aromatic carboxylic acids is 1. The van der Waals surface area contributed by atoms with E-state index in [9.17, 15) is 19.5 Å². The number of carboxylic acid groups (broad SMARTS) is 1. The number of allylic oxidation sites excluding steroid dienone is 2. The van der Waals surface area contributed by atoms with Crippen LogP contribution in [0.2, 0.25) is 0 Å². The van der Waals surface area contributed by atoms with Crippen molar-refractivity contribution in [2.45, 2.75) is 106 Å². The third kappa shape index (κ3) is 5.24. The van der Waals surface area contributed by atoms with Gasteiger partial charge in [-0.2, -0.15) is 0 Å². The van der Waals surface area contributed by atoms with Gasteiger partial charge in [-0.1, -0.05) is 66.7 Å². The molecule has 0 unspecified atom stereocenters. The van der Waals surface area contributed by atoms with Gasteiger partial charge < -0.3 is 15.7 Å². The summed E-state index contributed by atoms with van der Waals surface area (Å²) in [7, 11) is 0. The molecule has 7 nitrogen and oxygen atoms in total. The number of carboxylic acids is 1. The first-order valence-electron chi connectivity index (χ1n) is 19.9. The molecule has 7 heteroatoms. The topological polar surface area (TPSA) is 98.7 Å². The minimum absolute atomic E-state index is 0.0111. The van der Waals surface area contributed by atoms with E-state index in [0.717, 1.165) is 50.8 Å². The van der Waals surface area contributed by atoms with Crippen LogP contribution in [0.15, 0.2) is 30.3 Å². The molecule has 0 bridgehead atoms. The highest BCUT2D eigenvalue weighted by Gasteiger charge is 2.71. The summed E-state index contributed by atoms with van der Waals surface area (Å²) in [4.78, 5) is 40.1. The summed E-state index contributed by atoms with van der Waals surface area (Å²) in [6.45, 7) is 20.9. The van der Waals surface area contributed by atoms with E-state index in [1.54, 1.807) is 12.1 Å². The van der Waals surface area contributed by atoms with Gasteiger partial charge in [0.15, 0.2) is 0 Å². The van der Waals surface area contributed by atoms with Crippen molar-refractivity contribution >= 4 is 23.4 Å². The molecular formula is C43H63N3O4. The second-order valence-corrected chi connectivity index (χ2v) is 19.1. The summed E-state index contributed by atoms with van der Waals surface area (Å²) < 4.78 is 0. The van der Waals surface area contributed by atoms with E-state index in [1.165, 1.54) is 31.3 Å². The maximum Gasteiger partial charge on any atom is 0.335 e. The molecule has 1 aromatic rings. The highest BCUT2D eigenvalue weighted by atomic mass is 16.4. The van der Waals surface area contributed by atoms with Crippen LogP contribution in [0.25, 0.3) is 5.57 Å². The molecule has 1 aromatic carbocycles. The molecule has 6 aliphatic rings. The molecule has 274 valence electrons. The lowest BCUT2D eigenvalue weighted by atomic mass is 9.32. The highest BCUT2D eigenvalue weighted by Crippen LogP contribution is 2.77.